The highest BCUT2D eigenvalue weighted by Gasteiger charge is 2.07. The highest BCUT2D eigenvalue weighted by molar-refractivity contribution is 5.27. The highest BCUT2D eigenvalue weighted by atomic mass is 19.3. The maximum absolute atomic E-state index is 12.1. The number of alkyl halides is 2. The van der Waals surface area contributed by atoms with Crippen LogP contribution >= 0.6 is 0 Å². The Morgan fingerprint density at radius 3 is 2.24 bits per heavy atom. The normalized spacial score (nSPS) is 12.9. The van der Waals surface area contributed by atoms with Gasteiger partial charge in [-0.15, -0.1) is 0 Å². The molecule has 0 fully saturated rings. The van der Waals surface area contributed by atoms with E-state index in [-0.39, 0.29) is 5.75 Å². The molecule has 0 amide bonds. The van der Waals surface area contributed by atoms with E-state index in [1.165, 1.54) is 12.8 Å². The second-order valence-electron chi connectivity index (χ2n) is 5.55. The fraction of sp³-hybridized carbons (Fsp3) is 0.647. The minimum Gasteiger partial charge on any atom is -0.435 e. The number of ether oxygens (including phenoxy) is 1. The van der Waals surface area contributed by atoms with E-state index in [1.807, 2.05) is 12.1 Å². The van der Waals surface area contributed by atoms with Gasteiger partial charge in [0.05, 0.1) is 0 Å². The lowest BCUT2D eigenvalue weighted by molar-refractivity contribution is -0.0498. The van der Waals surface area contributed by atoms with Crippen LogP contribution in [0.4, 0.5) is 8.78 Å². The molecule has 0 aliphatic carbocycles. The molecule has 0 aliphatic heterocycles. The van der Waals surface area contributed by atoms with Gasteiger partial charge in [-0.25, -0.2) is 0 Å². The van der Waals surface area contributed by atoms with E-state index in [9.17, 15) is 8.78 Å². The molecular formula is C17H27F2NO. The van der Waals surface area contributed by atoms with E-state index >= 15 is 0 Å². The quantitative estimate of drug-likeness (QED) is 0.680. The van der Waals surface area contributed by atoms with Gasteiger partial charge in [-0.05, 0) is 49.9 Å². The Labute approximate surface area is 126 Å². The van der Waals surface area contributed by atoms with E-state index in [1.54, 1.807) is 12.1 Å². The van der Waals surface area contributed by atoms with Gasteiger partial charge in [0.1, 0.15) is 5.75 Å². The summed E-state index contributed by atoms with van der Waals surface area (Å²) in [5.74, 6) is 0.965. The molecule has 0 aliphatic rings. The lowest BCUT2D eigenvalue weighted by Crippen LogP contribution is -2.31. The fourth-order valence-electron chi connectivity index (χ4n) is 2.27. The SMILES string of the molecule is CCC(CC)CNC(C)CCc1ccc(OC(F)F)cc1. The number of hydrogen-bond acceptors (Lipinski definition) is 2. The third-order valence-electron chi connectivity index (χ3n) is 3.92. The van der Waals surface area contributed by atoms with Gasteiger partial charge >= 0.3 is 6.61 Å². The predicted octanol–water partition coefficient (Wildman–Crippen LogP) is 4.63. The molecule has 1 rings (SSSR count). The Kier molecular flexibility index (Phi) is 8.28. The summed E-state index contributed by atoms with van der Waals surface area (Å²) in [5.41, 5.74) is 1.15. The van der Waals surface area contributed by atoms with Crippen molar-refractivity contribution in [2.75, 3.05) is 6.54 Å². The average Bonchev–Trinajstić information content (AvgIpc) is 2.47. The first-order valence-electron chi connectivity index (χ1n) is 7.82. The standard InChI is InChI=1S/C17H27F2NO/c1-4-14(5-2)12-20-13(3)6-7-15-8-10-16(11-9-15)21-17(18)19/h8-11,13-14,17,20H,4-7,12H2,1-3H3. The molecule has 0 heterocycles. The molecule has 1 aromatic rings. The Hall–Kier alpha value is -1.16. The molecule has 1 unspecified atom stereocenters. The van der Waals surface area contributed by atoms with Gasteiger partial charge in [0.2, 0.25) is 0 Å². The van der Waals surface area contributed by atoms with Crippen molar-refractivity contribution in [2.24, 2.45) is 5.92 Å². The summed E-state index contributed by atoms with van der Waals surface area (Å²) in [6.07, 6.45) is 4.39. The first kappa shape index (κ1) is 17.9. The zero-order valence-corrected chi connectivity index (χ0v) is 13.2. The summed E-state index contributed by atoms with van der Waals surface area (Å²) >= 11 is 0. The topological polar surface area (TPSA) is 21.3 Å². The molecule has 0 bridgehead atoms. The van der Waals surface area contributed by atoms with E-state index in [2.05, 4.69) is 30.8 Å². The number of hydrogen-bond donors (Lipinski definition) is 1. The maximum Gasteiger partial charge on any atom is 0.387 e. The monoisotopic (exact) mass is 299 g/mol. The van der Waals surface area contributed by atoms with Crippen LogP contribution in [0.1, 0.15) is 45.6 Å². The smallest absolute Gasteiger partial charge is 0.387 e. The predicted molar refractivity (Wildman–Crippen MR) is 82.9 cm³/mol. The minimum absolute atomic E-state index is 0.216. The minimum atomic E-state index is -2.76. The Bertz CT molecular complexity index is 377. The zero-order valence-electron chi connectivity index (χ0n) is 13.2. The van der Waals surface area contributed by atoms with Gasteiger partial charge in [0.15, 0.2) is 0 Å². The summed E-state index contributed by atoms with van der Waals surface area (Å²) in [4.78, 5) is 0. The molecule has 0 spiro atoms. The molecule has 21 heavy (non-hydrogen) atoms. The van der Waals surface area contributed by atoms with Crippen molar-refractivity contribution < 1.29 is 13.5 Å². The van der Waals surface area contributed by atoms with Crippen LogP contribution in [0, 0.1) is 5.92 Å². The van der Waals surface area contributed by atoms with Crippen LogP contribution in [0.5, 0.6) is 5.75 Å². The van der Waals surface area contributed by atoms with E-state index in [4.69, 9.17) is 0 Å². The summed E-state index contributed by atoms with van der Waals surface area (Å²) in [5, 5.41) is 3.57. The van der Waals surface area contributed by atoms with Crippen LogP contribution in [0.15, 0.2) is 24.3 Å². The lowest BCUT2D eigenvalue weighted by Gasteiger charge is -2.18. The Balaban J connectivity index is 2.30. The van der Waals surface area contributed by atoms with Crippen molar-refractivity contribution in [3.8, 4) is 5.75 Å². The molecule has 0 saturated carbocycles. The third-order valence-corrected chi connectivity index (χ3v) is 3.92. The number of benzene rings is 1. The van der Waals surface area contributed by atoms with Crippen molar-refractivity contribution in [3.05, 3.63) is 29.8 Å². The van der Waals surface area contributed by atoms with Crippen molar-refractivity contribution in [3.63, 3.8) is 0 Å². The van der Waals surface area contributed by atoms with Crippen LogP contribution in [0.3, 0.4) is 0 Å². The number of rotatable bonds is 10. The summed E-state index contributed by atoms with van der Waals surface area (Å²) in [7, 11) is 0. The van der Waals surface area contributed by atoms with Gasteiger partial charge < -0.3 is 10.1 Å². The second kappa shape index (κ2) is 9.72. The average molecular weight is 299 g/mol. The molecule has 2 nitrogen and oxygen atoms in total. The third kappa shape index (κ3) is 7.42. The van der Waals surface area contributed by atoms with Gasteiger partial charge in [-0.1, -0.05) is 38.8 Å². The van der Waals surface area contributed by atoms with Crippen molar-refractivity contribution in [2.45, 2.75) is 59.1 Å². The molecule has 0 saturated heterocycles. The van der Waals surface area contributed by atoms with E-state index in [0.717, 1.165) is 30.9 Å². The van der Waals surface area contributed by atoms with Gasteiger partial charge in [0.25, 0.3) is 0 Å². The Morgan fingerprint density at radius 2 is 1.71 bits per heavy atom. The lowest BCUT2D eigenvalue weighted by atomic mass is 10.0. The molecule has 1 N–H and O–H groups in total. The zero-order chi connectivity index (χ0) is 15.7. The first-order chi connectivity index (χ1) is 10.0. The van der Waals surface area contributed by atoms with Crippen LogP contribution in [-0.2, 0) is 6.42 Å². The first-order valence-corrected chi connectivity index (χ1v) is 7.82. The van der Waals surface area contributed by atoms with Gasteiger partial charge in [0, 0.05) is 6.04 Å². The summed E-state index contributed by atoms with van der Waals surface area (Å²) in [6, 6.07) is 7.37. The van der Waals surface area contributed by atoms with Crippen molar-refractivity contribution >= 4 is 0 Å². The largest absolute Gasteiger partial charge is 0.435 e. The number of nitrogens with one attached hydrogen (secondary N) is 1. The summed E-state index contributed by atoms with van der Waals surface area (Å²) in [6.45, 7) is 4.95. The summed E-state index contributed by atoms with van der Waals surface area (Å²) < 4.78 is 28.4. The molecule has 0 aromatic heterocycles. The molecule has 120 valence electrons. The molecule has 0 radical (unpaired) electrons. The Morgan fingerprint density at radius 1 is 1.10 bits per heavy atom. The van der Waals surface area contributed by atoms with Crippen molar-refractivity contribution in [1.29, 1.82) is 0 Å². The molecular weight excluding hydrogens is 272 g/mol. The van der Waals surface area contributed by atoms with E-state index < -0.39 is 6.61 Å². The van der Waals surface area contributed by atoms with Crippen molar-refractivity contribution in [1.82, 2.24) is 5.32 Å². The number of halogens is 2. The second-order valence-corrected chi connectivity index (χ2v) is 5.55. The fourth-order valence-corrected chi connectivity index (χ4v) is 2.27. The van der Waals surface area contributed by atoms with Crippen LogP contribution in [0.25, 0.3) is 0 Å². The maximum atomic E-state index is 12.1. The van der Waals surface area contributed by atoms with Crippen LogP contribution in [0.2, 0.25) is 0 Å². The molecule has 1 aromatic carbocycles. The number of aryl methyl sites for hydroxylation is 1. The highest BCUT2D eigenvalue weighted by Crippen LogP contribution is 2.16. The van der Waals surface area contributed by atoms with Gasteiger partial charge in [-0.2, -0.15) is 8.78 Å². The molecule has 1 atom stereocenters. The van der Waals surface area contributed by atoms with Crippen LogP contribution < -0.4 is 10.1 Å². The van der Waals surface area contributed by atoms with Gasteiger partial charge in [-0.3, -0.25) is 0 Å². The van der Waals surface area contributed by atoms with E-state index in [0.29, 0.717) is 6.04 Å². The van der Waals surface area contributed by atoms with Crippen LogP contribution in [-0.4, -0.2) is 19.2 Å². The molecule has 4 heteroatoms.